The molecule has 0 bridgehead atoms. The molecule has 0 aromatic rings. The zero-order chi connectivity index (χ0) is 13.7. The van der Waals surface area contributed by atoms with Crippen molar-refractivity contribution in [3.8, 4) is 0 Å². The highest BCUT2D eigenvalue weighted by atomic mass is 16.2. The summed E-state index contributed by atoms with van der Waals surface area (Å²) in [5, 5.41) is 2.93. The van der Waals surface area contributed by atoms with Crippen LogP contribution < -0.4 is 5.32 Å². The van der Waals surface area contributed by atoms with Crippen LogP contribution in [0.1, 0.15) is 38.5 Å². The van der Waals surface area contributed by atoms with Crippen molar-refractivity contribution in [1.29, 1.82) is 0 Å². The predicted molar refractivity (Wildman–Crippen MR) is 73.7 cm³/mol. The molecule has 0 saturated carbocycles. The number of likely N-dealkylation sites (N-methyl/N-ethyl adjacent to an activating group) is 1. The summed E-state index contributed by atoms with van der Waals surface area (Å²) in [5.41, 5.74) is 0. The van der Waals surface area contributed by atoms with E-state index < -0.39 is 0 Å². The van der Waals surface area contributed by atoms with E-state index in [-0.39, 0.29) is 11.8 Å². The molecular weight excluding hydrogens is 242 g/mol. The van der Waals surface area contributed by atoms with E-state index in [1.807, 2.05) is 9.80 Å². The lowest BCUT2D eigenvalue weighted by molar-refractivity contribution is -0.134. The van der Waals surface area contributed by atoms with Crippen molar-refractivity contribution in [3.63, 3.8) is 0 Å². The summed E-state index contributed by atoms with van der Waals surface area (Å²) in [6.07, 6.45) is 6.01. The smallest absolute Gasteiger partial charge is 0.236 e. The van der Waals surface area contributed by atoms with Crippen molar-refractivity contribution < 1.29 is 9.59 Å². The molecule has 2 fully saturated rings. The first-order valence-corrected chi connectivity index (χ1v) is 7.44. The second-order valence-corrected chi connectivity index (χ2v) is 5.54. The van der Waals surface area contributed by atoms with Crippen LogP contribution in [0.25, 0.3) is 0 Å². The lowest BCUT2D eigenvalue weighted by Gasteiger charge is -2.36. The van der Waals surface area contributed by atoms with Crippen LogP contribution in [0.15, 0.2) is 0 Å². The molecular formula is C14H25N3O2. The first kappa shape index (κ1) is 14.3. The molecule has 0 radical (unpaired) electrons. The van der Waals surface area contributed by atoms with Crippen LogP contribution in [-0.4, -0.2) is 60.9 Å². The van der Waals surface area contributed by atoms with Gasteiger partial charge in [0, 0.05) is 32.1 Å². The van der Waals surface area contributed by atoms with Gasteiger partial charge in [-0.15, -0.1) is 0 Å². The van der Waals surface area contributed by atoms with Crippen molar-refractivity contribution in [2.45, 2.75) is 44.6 Å². The SMILES string of the molecule is CNCC(=O)N1CCCC[C@H]1CCN1CCCC1=O. The fourth-order valence-corrected chi connectivity index (χ4v) is 3.13. The fourth-order valence-electron chi connectivity index (χ4n) is 3.13. The van der Waals surface area contributed by atoms with E-state index in [1.54, 1.807) is 7.05 Å². The molecule has 5 nitrogen and oxygen atoms in total. The van der Waals surface area contributed by atoms with Gasteiger partial charge < -0.3 is 15.1 Å². The Kier molecular flexibility index (Phi) is 5.19. The molecule has 2 heterocycles. The van der Waals surface area contributed by atoms with Gasteiger partial charge in [0.15, 0.2) is 0 Å². The van der Waals surface area contributed by atoms with Crippen LogP contribution in [0.2, 0.25) is 0 Å². The quantitative estimate of drug-likeness (QED) is 0.793. The number of likely N-dealkylation sites (tertiary alicyclic amines) is 2. The highest BCUT2D eigenvalue weighted by Gasteiger charge is 2.28. The molecule has 2 aliphatic heterocycles. The van der Waals surface area contributed by atoms with Gasteiger partial charge in [0.2, 0.25) is 11.8 Å². The van der Waals surface area contributed by atoms with Crippen LogP contribution in [-0.2, 0) is 9.59 Å². The van der Waals surface area contributed by atoms with E-state index in [0.717, 1.165) is 45.3 Å². The van der Waals surface area contributed by atoms with Crippen LogP contribution in [0, 0.1) is 0 Å². The van der Waals surface area contributed by atoms with E-state index in [1.165, 1.54) is 6.42 Å². The summed E-state index contributed by atoms with van der Waals surface area (Å²) in [6.45, 7) is 3.00. The molecule has 1 atom stereocenters. The first-order valence-electron chi connectivity index (χ1n) is 7.44. The Bertz CT molecular complexity index is 333. The Morgan fingerprint density at radius 1 is 1.32 bits per heavy atom. The third-order valence-electron chi connectivity index (χ3n) is 4.18. The molecule has 0 aromatic carbocycles. The summed E-state index contributed by atoms with van der Waals surface area (Å²) >= 11 is 0. The lowest BCUT2D eigenvalue weighted by atomic mass is 9.99. The predicted octanol–water partition coefficient (Wildman–Crippen LogP) is 0.599. The molecule has 2 rings (SSSR count). The van der Waals surface area contributed by atoms with E-state index in [0.29, 0.717) is 19.0 Å². The zero-order valence-electron chi connectivity index (χ0n) is 11.9. The molecule has 0 unspecified atom stereocenters. The maximum Gasteiger partial charge on any atom is 0.236 e. The monoisotopic (exact) mass is 267 g/mol. The first-order chi connectivity index (χ1) is 9.22. The third-order valence-corrected chi connectivity index (χ3v) is 4.18. The normalized spacial score (nSPS) is 24.1. The Morgan fingerprint density at radius 3 is 2.84 bits per heavy atom. The number of hydrogen-bond donors (Lipinski definition) is 1. The Morgan fingerprint density at radius 2 is 2.16 bits per heavy atom. The van der Waals surface area contributed by atoms with Crippen LogP contribution in [0.3, 0.4) is 0 Å². The number of nitrogens with zero attached hydrogens (tertiary/aromatic N) is 2. The maximum atomic E-state index is 12.1. The second-order valence-electron chi connectivity index (χ2n) is 5.54. The Balaban J connectivity index is 1.85. The Labute approximate surface area is 115 Å². The van der Waals surface area contributed by atoms with Crippen LogP contribution >= 0.6 is 0 Å². The second kappa shape index (κ2) is 6.89. The van der Waals surface area contributed by atoms with Crippen molar-refractivity contribution >= 4 is 11.8 Å². The van der Waals surface area contributed by atoms with Gasteiger partial charge in [-0.05, 0) is 39.2 Å². The number of carbonyl (C=O) groups excluding carboxylic acids is 2. The maximum absolute atomic E-state index is 12.1. The van der Waals surface area contributed by atoms with E-state index >= 15 is 0 Å². The average molecular weight is 267 g/mol. The molecule has 2 aliphatic rings. The fraction of sp³-hybridized carbons (Fsp3) is 0.857. The van der Waals surface area contributed by atoms with Gasteiger partial charge in [0.05, 0.1) is 6.54 Å². The van der Waals surface area contributed by atoms with Gasteiger partial charge in [0.1, 0.15) is 0 Å². The molecule has 0 spiro atoms. The third kappa shape index (κ3) is 3.69. The molecule has 2 saturated heterocycles. The minimum atomic E-state index is 0.194. The lowest BCUT2D eigenvalue weighted by Crippen LogP contribution is -2.48. The van der Waals surface area contributed by atoms with Crippen LogP contribution in [0.4, 0.5) is 0 Å². The largest absolute Gasteiger partial charge is 0.343 e. The van der Waals surface area contributed by atoms with Crippen molar-refractivity contribution in [2.24, 2.45) is 0 Å². The van der Waals surface area contributed by atoms with Gasteiger partial charge in [0.25, 0.3) is 0 Å². The summed E-state index contributed by atoms with van der Waals surface area (Å²) in [4.78, 5) is 27.6. The number of carbonyl (C=O) groups is 2. The topological polar surface area (TPSA) is 52.7 Å². The zero-order valence-corrected chi connectivity index (χ0v) is 11.9. The standard InChI is InChI=1S/C14H25N3O2/c1-15-11-14(19)17-9-3-2-5-12(17)7-10-16-8-4-6-13(16)18/h12,15H,2-11H2,1H3/t12-/m0/s1. The number of nitrogens with one attached hydrogen (secondary N) is 1. The molecule has 1 N–H and O–H groups in total. The highest BCUT2D eigenvalue weighted by Crippen LogP contribution is 2.21. The number of amides is 2. The Hall–Kier alpha value is -1.10. The number of hydrogen-bond acceptors (Lipinski definition) is 3. The minimum absolute atomic E-state index is 0.194. The number of piperidine rings is 1. The van der Waals surface area contributed by atoms with Crippen molar-refractivity contribution in [1.82, 2.24) is 15.1 Å². The summed E-state index contributed by atoms with van der Waals surface area (Å²) in [6, 6.07) is 0.322. The van der Waals surface area contributed by atoms with Gasteiger partial charge >= 0.3 is 0 Å². The van der Waals surface area contributed by atoms with Crippen LogP contribution in [0.5, 0.6) is 0 Å². The van der Waals surface area contributed by atoms with Crippen molar-refractivity contribution in [3.05, 3.63) is 0 Å². The van der Waals surface area contributed by atoms with E-state index in [2.05, 4.69) is 5.32 Å². The number of rotatable bonds is 5. The highest BCUT2D eigenvalue weighted by molar-refractivity contribution is 5.79. The van der Waals surface area contributed by atoms with Gasteiger partial charge in [-0.25, -0.2) is 0 Å². The molecule has 0 aromatic heterocycles. The van der Waals surface area contributed by atoms with Crippen molar-refractivity contribution in [2.75, 3.05) is 33.2 Å². The van der Waals surface area contributed by atoms with E-state index in [9.17, 15) is 9.59 Å². The van der Waals surface area contributed by atoms with Gasteiger partial charge in [-0.2, -0.15) is 0 Å². The molecule has 108 valence electrons. The molecule has 19 heavy (non-hydrogen) atoms. The minimum Gasteiger partial charge on any atom is -0.343 e. The molecule has 5 heteroatoms. The molecule has 2 amide bonds. The average Bonchev–Trinajstić information content (AvgIpc) is 2.82. The van der Waals surface area contributed by atoms with E-state index in [4.69, 9.17) is 0 Å². The van der Waals surface area contributed by atoms with Gasteiger partial charge in [-0.3, -0.25) is 9.59 Å². The molecule has 0 aliphatic carbocycles. The summed E-state index contributed by atoms with van der Waals surface area (Å²) in [7, 11) is 1.81. The summed E-state index contributed by atoms with van der Waals surface area (Å²) < 4.78 is 0. The summed E-state index contributed by atoms with van der Waals surface area (Å²) in [5.74, 6) is 0.476. The van der Waals surface area contributed by atoms with Gasteiger partial charge in [-0.1, -0.05) is 0 Å².